The summed E-state index contributed by atoms with van der Waals surface area (Å²) in [4.78, 5) is 24.9. The van der Waals surface area contributed by atoms with E-state index in [1.807, 2.05) is 24.3 Å². The van der Waals surface area contributed by atoms with Gasteiger partial charge in [0.15, 0.2) is 11.0 Å². The van der Waals surface area contributed by atoms with E-state index in [1.54, 1.807) is 30.7 Å². The molecule has 0 radical (unpaired) electrons. The first-order valence-corrected chi connectivity index (χ1v) is 12.1. The Hall–Kier alpha value is -2.55. The number of carbonyl (C=O) groups excluding carboxylic acids is 2. The molecule has 10 heteroatoms. The summed E-state index contributed by atoms with van der Waals surface area (Å²) in [6.45, 7) is 6.05. The third kappa shape index (κ3) is 6.50. The lowest BCUT2D eigenvalue weighted by Crippen LogP contribution is -2.28. The van der Waals surface area contributed by atoms with Crippen LogP contribution in [-0.2, 0) is 11.8 Å². The van der Waals surface area contributed by atoms with Crippen molar-refractivity contribution in [3.05, 3.63) is 69.5 Å². The third-order valence-corrected chi connectivity index (χ3v) is 6.54. The van der Waals surface area contributed by atoms with Crippen LogP contribution in [0.4, 0.5) is 5.69 Å². The van der Waals surface area contributed by atoms with Crippen molar-refractivity contribution in [3.8, 4) is 0 Å². The molecule has 0 spiro atoms. The molecule has 2 amide bonds. The fourth-order valence-electron chi connectivity index (χ4n) is 3.12. The highest BCUT2D eigenvalue weighted by Crippen LogP contribution is 2.23. The first kappa shape index (κ1) is 25.1. The predicted molar refractivity (Wildman–Crippen MR) is 133 cm³/mol. The van der Waals surface area contributed by atoms with Crippen molar-refractivity contribution in [2.45, 2.75) is 37.9 Å². The number of anilines is 1. The highest BCUT2D eigenvalue weighted by Gasteiger charge is 2.20. The van der Waals surface area contributed by atoms with Gasteiger partial charge in [0.2, 0.25) is 5.91 Å². The van der Waals surface area contributed by atoms with Gasteiger partial charge in [-0.2, -0.15) is 0 Å². The van der Waals surface area contributed by atoms with Crippen molar-refractivity contribution in [1.29, 1.82) is 0 Å². The standard InChI is InChI=1S/C23H25Cl2N5O2S/c1-13(2)15-5-8-17(9-6-15)27-20(31)12-33-23-29-28-21(30(23)4)14(3)26-22(32)18-10-7-16(24)11-19(18)25/h5-11,13-14H,12H2,1-4H3,(H,26,32)(H,27,31)/t14-/m1/s1. The molecule has 33 heavy (non-hydrogen) atoms. The molecule has 2 N–H and O–H groups in total. The van der Waals surface area contributed by atoms with E-state index in [9.17, 15) is 9.59 Å². The van der Waals surface area contributed by atoms with E-state index < -0.39 is 6.04 Å². The molecule has 0 aliphatic rings. The van der Waals surface area contributed by atoms with E-state index in [4.69, 9.17) is 23.2 Å². The molecule has 7 nitrogen and oxygen atoms in total. The van der Waals surface area contributed by atoms with Gasteiger partial charge in [-0.25, -0.2) is 0 Å². The Bertz CT molecular complexity index is 1150. The molecule has 1 atom stereocenters. The number of aromatic nitrogens is 3. The minimum Gasteiger partial charge on any atom is -0.342 e. The zero-order valence-electron chi connectivity index (χ0n) is 18.7. The Morgan fingerprint density at radius 1 is 1.06 bits per heavy atom. The van der Waals surface area contributed by atoms with E-state index >= 15 is 0 Å². The second kappa shape index (κ2) is 11.0. The summed E-state index contributed by atoms with van der Waals surface area (Å²) in [7, 11) is 1.79. The van der Waals surface area contributed by atoms with E-state index in [0.717, 1.165) is 5.69 Å². The Morgan fingerprint density at radius 2 is 1.76 bits per heavy atom. The van der Waals surface area contributed by atoms with E-state index in [1.165, 1.54) is 23.4 Å². The number of amides is 2. The SMILES string of the molecule is CC(C)c1ccc(NC(=O)CSc2nnc([C@@H](C)NC(=O)c3ccc(Cl)cc3Cl)n2C)cc1. The normalized spacial score (nSPS) is 12.0. The zero-order chi connectivity index (χ0) is 24.1. The second-order valence-corrected chi connectivity index (χ2v) is 9.62. The molecule has 1 heterocycles. The molecule has 0 unspecified atom stereocenters. The molecule has 0 aliphatic heterocycles. The zero-order valence-corrected chi connectivity index (χ0v) is 21.1. The van der Waals surface area contributed by atoms with Crippen molar-refractivity contribution < 1.29 is 9.59 Å². The molecule has 174 valence electrons. The monoisotopic (exact) mass is 505 g/mol. The van der Waals surface area contributed by atoms with Gasteiger partial charge < -0.3 is 15.2 Å². The average molecular weight is 506 g/mol. The van der Waals surface area contributed by atoms with Crippen molar-refractivity contribution in [1.82, 2.24) is 20.1 Å². The topological polar surface area (TPSA) is 88.9 Å². The average Bonchev–Trinajstić information content (AvgIpc) is 3.13. The van der Waals surface area contributed by atoms with Gasteiger partial charge in [0.25, 0.3) is 5.91 Å². The van der Waals surface area contributed by atoms with Crippen LogP contribution in [0.3, 0.4) is 0 Å². The summed E-state index contributed by atoms with van der Waals surface area (Å²) in [5, 5.41) is 15.4. The van der Waals surface area contributed by atoms with Gasteiger partial charge in [-0.1, -0.05) is 60.9 Å². The minimum atomic E-state index is -0.426. The Labute approximate surface area is 207 Å². The maximum atomic E-state index is 12.6. The van der Waals surface area contributed by atoms with Crippen LogP contribution < -0.4 is 10.6 Å². The fourth-order valence-corrected chi connectivity index (χ4v) is 4.33. The van der Waals surface area contributed by atoms with Gasteiger partial charge >= 0.3 is 0 Å². The largest absolute Gasteiger partial charge is 0.342 e. The van der Waals surface area contributed by atoms with Crippen molar-refractivity contribution >= 4 is 52.5 Å². The predicted octanol–water partition coefficient (Wildman–Crippen LogP) is 5.47. The molecule has 3 rings (SSSR count). The van der Waals surface area contributed by atoms with Gasteiger partial charge in [0.1, 0.15) is 0 Å². The maximum Gasteiger partial charge on any atom is 0.253 e. The molecule has 3 aromatic rings. The smallest absolute Gasteiger partial charge is 0.253 e. The highest BCUT2D eigenvalue weighted by molar-refractivity contribution is 7.99. The Balaban J connectivity index is 1.57. The fraction of sp³-hybridized carbons (Fsp3) is 0.304. The summed E-state index contributed by atoms with van der Waals surface area (Å²) in [6, 6.07) is 12.1. The van der Waals surface area contributed by atoms with Crippen LogP contribution in [0.2, 0.25) is 10.0 Å². The summed E-state index contributed by atoms with van der Waals surface area (Å²) in [5.74, 6) is 0.690. The van der Waals surface area contributed by atoms with Crippen LogP contribution in [0.25, 0.3) is 0 Å². The quantitative estimate of drug-likeness (QED) is 0.396. The molecule has 0 saturated heterocycles. The van der Waals surface area contributed by atoms with E-state index in [0.29, 0.717) is 27.5 Å². The van der Waals surface area contributed by atoms with Crippen LogP contribution in [0.5, 0.6) is 0 Å². The molecule has 0 aliphatic carbocycles. The van der Waals surface area contributed by atoms with E-state index in [2.05, 4.69) is 34.7 Å². The number of benzene rings is 2. The lowest BCUT2D eigenvalue weighted by molar-refractivity contribution is -0.113. The number of halogens is 2. The number of nitrogens with zero attached hydrogens (tertiary/aromatic N) is 3. The van der Waals surface area contributed by atoms with Gasteiger partial charge in [-0.3, -0.25) is 9.59 Å². The molecular weight excluding hydrogens is 481 g/mol. The van der Waals surface area contributed by atoms with Crippen LogP contribution in [0.1, 0.15) is 54.5 Å². The lowest BCUT2D eigenvalue weighted by atomic mass is 10.0. The number of nitrogens with one attached hydrogen (secondary N) is 2. The van der Waals surface area contributed by atoms with Crippen molar-refractivity contribution in [3.63, 3.8) is 0 Å². The lowest BCUT2D eigenvalue weighted by Gasteiger charge is -2.14. The van der Waals surface area contributed by atoms with Gasteiger partial charge in [0, 0.05) is 17.8 Å². The third-order valence-electron chi connectivity index (χ3n) is 4.97. The first-order chi connectivity index (χ1) is 15.7. The molecule has 1 aromatic heterocycles. The Morgan fingerprint density at radius 3 is 2.39 bits per heavy atom. The molecule has 0 saturated carbocycles. The maximum absolute atomic E-state index is 12.6. The summed E-state index contributed by atoms with van der Waals surface area (Å²) < 4.78 is 1.75. The van der Waals surface area contributed by atoms with Crippen molar-refractivity contribution in [2.75, 3.05) is 11.1 Å². The molecule has 0 fully saturated rings. The molecule has 2 aromatic carbocycles. The highest BCUT2D eigenvalue weighted by atomic mass is 35.5. The summed E-state index contributed by atoms with van der Waals surface area (Å²) >= 11 is 13.3. The van der Waals surface area contributed by atoms with Gasteiger partial charge in [-0.15, -0.1) is 10.2 Å². The number of hydrogen-bond acceptors (Lipinski definition) is 5. The number of hydrogen-bond donors (Lipinski definition) is 2. The Kier molecular flexibility index (Phi) is 8.40. The van der Waals surface area contributed by atoms with Gasteiger partial charge in [-0.05, 0) is 48.7 Å². The minimum absolute atomic E-state index is 0.138. The first-order valence-electron chi connectivity index (χ1n) is 10.3. The summed E-state index contributed by atoms with van der Waals surface area (Å²) in [6.07, 6.45) is 0. The number of thioether (sulfide) groups is 1. The van der Waals surface area contributed by atoms with Crippen LogP contribution >= 0.6 is 35.0 Å². The van der Waals surface area contributed by atoms with Crippen LogP contribution in [0.15, 0.2) is 47.6 Å². The van der Waals surface area contributed by atoms with Crippen molar-refractivity contribution in [2.24, 2.45) is 7.05 Å². The number of carbonyl (C=O) groups is 2. The molecular formula is C23H25Cl2N5O2S. The summed E-state index contributed by atoms with van der Waals surface area (Å²) in [5.41, 5.74) is 2.29. The van der Waals surface area contributed by atoms with Gasteiger partial charge in [0.05, 0.1) is 22.4 Å². The second-order valence-electron chi connectivity index (χ2n) is 7.83. The van der Waals surface area contributed by atoms with E-state index in [-0.39, 0.29) is 22.6 Å². The van der Waals surface area contributed by atoms with Crippen LogP contribution in [0, 0.1) is 0 Å². The van der Waals surface area contributed by atoms with Crippen LogP contribution in [-0.4, -0.2) is 32.3 Å². The number of rotatable bonds is 8. The molecule has 0 bridgehead atoms.